The Balaban J connectivity index is 0.000000188. The number of aryl methyl sites for hydroxylation is 4. The summed E-state index contributed by atoms with van der Waals surface area (Å²) in [5.41, 5.74) is 49.4. The number of phenols is 4. The number of carbonyl (C=O) groups is 3. The van der Waals surface area contributed by atoms with Gasteiger partial charge in [0.1, 0.15) is 69.0 Å². The predicted molar refractivity (Wildman–Crippen MR) is 517 cm³/mol. The molecule has 0 radical (unpaired) electrons. The number of aromatic carboxylic acids is 2. The van der Waals surface area contributed by atoms with Gasteiger partial charge in [-0.25, -0.2) is 18.0 Å². The first-order valence-electron chi connectivity index (χ1n) is 40.9. The van der Waals surface area contributed by atoms with E-state index in [1.807, 2.05) is 135 Å². The van der Waals surface area contributed by atoms with Crippen LogP contribution in [-0.2, 0) is 31.9 Å². The minimum atomic E-state index is -5.77. The third-order valence-electron chi connectivity index (χ3n) is 20.9. The number of nitrogens with two attached hydrogens (primary N) is 8. The van der Waals surface area contributed by atoms with Crippen molar-refractivity contribution >= 4 is 73.7 Å². The normalized spacial score (nSPS) is 11.0. The van der Waals surface area contributed by atoms with Crippen LogP contribution in [0.3, 0.4) is 0 Å². The summed E-state index contributed by atoms with van der Waals surface area (Å²) >= 11 is 0. The van der Waals surface area contributed by atoms with E-state index in [0.29, 0.717) is 117 Å². The van der Waals surface area contributed by atoms with Gasteiger partial charge in [0.15, 0.2) is 5.75 Å². The SMILES string of the molecule is C.CC(C)(c1ccc(Oc2ccc(N)cc2)cc1)c1ccc(Oc2ccc(N)cc2)cc1.Cc1cc(-c2ccc(O)c(N)c2)ccc1O.Cc1cc(C(c2ccc(O)c(N)c2)(C(F)(F)F)C(F)(F)F)ccc1O.Cc1ccc(Cc2ccc(N)c(OC=O)c2)cc1C(=O)O.Cc1cccc(Oc2ccc(S(=O)(=O)c3ccc(Oc4cccc(N)c4)cc3)cc2)c1.Nc1cc(N)cc(C(=O)O)c1. The van der Waals surface area contributed by atoms with E-state index < -0.39 is 67.9 Å². The number of benzene rings is 15. The number of carbonyl (C=O) groups excluding carboxylic acids is 1. The van der Waals surface area contributed by atoms with E-state index in [2.05, 4.69) is 38.1 Å². The molecular formula is C105H100F6N8O16S. The number of hydrogen-bond acceptors (Lipinski definition) is 22. The molecule has 15 rings (SSSR count). The molecule has 0 atom stereocenters. The van der Waals surface area contributed by atoms with Crippen LogP contribution in [0, 0.1) is 27.7 Å². The van der Waals surface area contributed by atoms with Gasteiger partial charge in [0, 0.05) is 39.9 Å². The number of rotatable bonds is 21. The maximum atomic E-state index is 13.8. The van der Waals surface area contributed by atoms with Crippen LogP contribution in [-0.4, -0.2) is 69.8 Å². The predicted octanol–water partition coefficient (Wildman–Crippen LogP) is 23.4. The summed E-state index contributed by atoms with van der Waals surface area (Å²) in [4.78, 5) is 32.3. The molecule has 31 heteroatoms. The Bertz CT molecular complexity index is 6470. The fourth-order valence-corrected chi connectivity index (χ4v) is 14.8. The van der Waals surface area contributed by atoms with E-state index in [4.69, 9.17) is 79.8 Å². The summed E-state index contributed by atoms with van der Waals surface area (Å²) in [5, 5.41) is 55.2. The summed E-state index contributed by atoms with van der Waals surface area (Å²) in [5.74, 6) is 3.08. The molecule has 0 aromatic heterocycles. The molecule has 0 unspecified atom stereocenters. The second-order valence-corrected chi connectivity index (χ2v) is 33.2. The minimum Gasteiger partial charge on any atom is -0.508 e. The molecule has 22 N–H and O–H groups in total. The molecule has 136 heavy (non-hydrogen) atoms. The Morgan fingerprint density at radius 3 is 1.17 bits per heavy atom. The maximum absolute atomic E-state index is 13.8. The van der Waals surface area contributed by atoms with Crippen LogP contribution < -0.4 is 69.6 Å². The highest BCUT2D eigenvalue weighted by molar-refractivity contribution is 7.91. The van der Waals surface area contributed by atoms with Crippen molar-refractivity contribution in [2.24, 2.45) is 0 Å². The van der Waals surface area contributed by atoms with Crippen LogP contribution in [0.1, 0.15) is 97.6 Å². The molecule has 15 aromatic rings. The Labute approximate surface area is 781 Å². The van der Waals surface area contributed by atoms with Gasteiger partial charge >= 0.3 is 24.3 Å². The topological polar surface area (TPSA) is 461 Å². The van der Waals surface area contributed by atoms with Crippen molar-refractivity contribution in [1.82, 2.24) is 0 Å². The molecule has 0 bridgehead atoms. The van der Waals surface area contributed by atoms with Gasteiger partial charge in [-0.05, 0) is 325 Å². The molecule has 0 saturated carbocycles. The summed E-state index contributed by atoms with van der Waals surface area (Å²) in [6.45, 7) is 11.5. The van der Waals surface area contributed by atoms with E-state index in [-0.39, 0.29) is 50.8 Å². The van der Waals surface area contributed by atoms with Gasteiger partial charge in [-0.2, -0.15) is 26.3 Å². The van der Waals surface area contributed by atoms with Crippen molar-refractivity contribution < 1.29 is 103 Å². The van der Waals surface area contributed by atoms with Crippen LogP contribution in [0.4, 0.5) is 71.8 Å². The van der Waals surface area contributed by atoms with Crippen molar-refractivity contribution in [3.05, 3.63) is 388 Å². The second kappa shape index (κ2) is 44.8. The van der Waals surface area contributed by atoms with Crippen molar-refractivity contribution in [3.8, 4) is 85.9 Å². The minimum absolute atomic E-state index is 0. The molecular weight excluding hydrogens is 1780 g/mol. The number of halogens is 6. The first kappa shape index (κ1) is 103. The molecule has 0 amide bonds. The number of phenolic OH excluding ortho intramolecular Hbond substituents is 4. The van der Waals surface area contributed by atoms with Crippen molar-refractivity contribution in [3.63, 3.8) is 0 Å². The number of aromatic hydroxyl groups is 4. The van der Waals surface area contributed by atoms with Crippen molar-refractivity contribution in [2.45, 2.75) is 88.4 Å². The third kappa shape index (κ3) is 26.9. The summed E-state index contributed by atoms with van der Waals surface area (Å²) < 4.78 is 137. The average Bonchev–Trinajstić information content (AvgIpc) is 0.711. The van der Waals surface area contributed by atoms with Crippen LogP contribution in [0.5, 0.6) is 74.7 Å². The van der Waals surface area contributed by atoms with Gasteiger partial charge in [0.25, 0.3) is 6.47 Å². The number of hydrogen-bond donors (Lipinski definition) is 14. The standard InChI is InChI=1S/C27H26N2O2.C25H21NO4S.C16H13F6NO2.C16H15NO4.C13H13NO2.C7H8N2O2.CH4/c1-27(2,19-3-11-23(12-4-19)30-25-15-7-21(28)8-16-25)20-5-13-24(14-6-20)31-26-17-9-22(29)10-18-26;1-18-4-2-6-22(16-18)29-20-8-12-24(13-9-20)31(27,28)25-14-10-21(11-15-25)30-23-7-3-5-19(26)17-23;1-8-6-9(2-4-12(8)24)14(15(17,18)19,16(20,21)22)10-3-5-13(25)11(23)7-10;1-10-2-3-11(7-13(10)16(19)20)6-12-4-5-14(17)15(8-12)21-9-18;1-8-6-9(2-4-12(8)15)10-3-5-13(16)11(14)7-10;8-5-1-4(7(10)11)2-6(9)3-5;/h3-18H,28-29H2,1-2H3;2-17H,26H2,1H3;2-7,24-25H,23H2,1H3;2-5,7-9H,6,17H2,1H3,(H,19,20);2-7,15-16H,14H2,1H3;1-3H,8-9H2,(H,10,11);1H4. The van der Waals surface area contributed by atoms with E-state index in [1.54, 1.807) is 104 Å². The molecule has 0 aliphatic heterocycles. The zero-order valence-electron chi connectivity index (χ0n) is 73.4. The highest BCUT2D eigenvalue weighted by Gasteiger charge is 2.72. The highest BCUT2D eigenvalue weighted by atomic mass is 32.2. The van der Waals surface area contributed by atoms with Crippen LogP contribution >= 0.6 is 0 Å². The third-order valence-corrected chi connectivity index (χ3v) is 22.7. The monoisotopic (exact) mass is 1870 g/mol. The van der Waals surface area contributed by atoms with Crippen LogP contribution in [0.25, 0.3) is 11.1 Å². The Hall–Kier alpha value is -17.0. The fourth-order valence-electron chi connectivity index (χ4n) is 13.5. The number of anilines is 8. The smallest absolute Gasteiger partial charge is 0.411 e. The number of sulfone groups is 1. The van der Waals surface area contributed by atoms with Crippen molar-refractivity contribution in [2.75, 3.05) is 45.9 Å². The first-order chi connectivity index (χ1) is 63.8. The number of carboxylic acids is 2. The maximum Gasteiger partial charge on any atom is 0.411 e. The van der Waals surface area contributed by atoms with E-state index in [9.17, 15) is 69.6 Å². The number of ether oxygens (including phenoxy) is 5. The van der Waals surface area contributed by atoms with E-state index >= 15 is 0 Å². The lowest BCUT2D eigenvalue weighted by molar-refractivity contribution is -0.288. The van der Waals surface area contributed by atoms with Gasteiger partial charge in [0.2, 0.25) is 15.3 Å². The lowest BCUT2D eigenvalue weighted by atomic mass is 9.72. The number of nitrogen functional groups attached to an aromatic ring is 8. The quantitative estimate of drug-likeness (QED) is 0.0137. The van der Waals surface area contributed by atoms with Crippen LogP contribution in [0.15, 0.2) is 331 Å². The van der Waals surface area contributed by atoms with Crippen molar-refractivity contribution in [1.29, 1.82) is 0 Å². The number of carboxylic acid groups (broad SMARTS) is 2. The Kier molecular flexibility index (Phi) is 33.8. The lowest BCUT2D eigenvalue weighted by Gasteiger charge is -2.38. The van der Waals surface area contributed by atoms with E-state index in [1.165, 1.54) is 60.5 Å². The molecule has 0 heterocycles. The summed E-state index contributed by atoms with van der Waals surface area (Å²) in [7, 11) is -3.66. The van der Waals surface area contributed by atoms with Gasteiger partial charge in [-0.15, -0.1) is 0 Å². The number of alkyl halides is 6. The zero-order chi connectivity index (χ0) is 98.4. The molecule has 15 aromatic carbocycles. The molecule has 0 saturated heterocycles. The molecule has 0 aliphatic rings. The van der Waals surface area contributed by atoms with Crippen LogP contribution in [0.2, 0.25) is 0 Å². The van der Waals surface area contributed by atoms with Gasteiger partial charge < -0.3 is 100 Å². The van der Waals surface area contributed by atoms with Gasteiger partial charge in [0.05, 0.1) is 38.0 Å². The highest BCUT2D eigenvalue weighted by Crippen LogP contribution is 2.57. The molecule has 0 aliphatic carbocycles. The fraction of sp³-hybridized carbons (Fsp3) is 0.114. The summed E-state index contributed by atoms with van der Waals surface area (Å²) in [6.07, 6.45) is -11.0. The van der Waals surface area contributed by atoms with Gasteiger partial charge in [-0.1, -0.05) is 112 Å². The Morgan fingerprint density at radius 1 is 0.353 bits per heavy atom. The summed E-state index contributed by atoms with van der Waals surface area (Å²) in [6, 6.07) is 87.1. The lowest BCUT2D eigenvalue weighted by Crippen LogP contribution is -2.54. The van der Waals surface area contributed by atoms with E-state index in [0.717, 1.165) is 62.4 Å². The average molecular weight is 1880 g/mol. The molecule has 0 spiro atoms. The van der Waals surface area contributed by atoms with Gasteiger partial charge in [-0.3, -0.25) is 4.79 Å². The molecule has 704 valence electrons. The molecule has 0 fully saturated rings. The Morgan fingerprint density at radius 2 is 0.743 bits per heavy atom. The second-order valence-electron chi connectivity index (χ2n) is 31.3. The zero-order valence-corrected chi connectivity index (χ0v) is 74.3. The molecule has 24 nitrogen and oxygen atoms in total. The first-order valence-corrected chi connectivity index (χ1v) is 42.4. The largest absolute Gasteiger partial charge is 0.508 e.